The Kier molecular flexibility index (Phi) is 5.41. The second-order valence-electron chi connectivity index (χ2n) is 7.34. The molecule has 28 heavy (non-hydrogen) atoms. The van der Waals surface area contributed by atoms with Gasteiger partial charge in [0, 0.05) is 5.92 Å². The van der Waals surface area contributed by atoms with E-state index in [0.29, 0.717) is 0 Å². The fourth-order valence-corrected chi connectivity index (χ4v) is 3.70. The monoisotopic (exact) mass is 377 g/mol. The zero-order chi connectivity index (χ0) is 20.3. The van der Waals surface area contributed by atoms with Crippen molar-refractivity contribution >= 4 is 12.1 Å². The molecule has 2 aromatic rings. The lowest BCUT2D eigenvalue weighted by Gasteiger charge is -2.27. The van der Waals surface area contributed by atoms with Crippen LogP contribution in [0.5, 0.6) is 0 Å². The van der Waals surface area contributed by atoms with Gasteiger partial charge < -0.3 is 15.2 Å². The molecule has 0 unspecified atom stereocenters. The Morgan fingerprint density at radius 1 is 1.11 bits per heavy atom. The molecule has 5 heteroatoms. The summed E-state index contributed by atoms with van der Waals surface area (Å²) in [5.41, 5.74) is 3.54. The van der Waals surface area contributed by atoms with Crippen LogP contribution in [0.25, 0.3) is 11.1 Å². The Morgan fingerprint density at radius 2 is 1.64 bits per heavy atom. The Morgan fingerprint density at radius 3 is 2.14 bits per heavy atom. The fraction of sp³-hybridized carbons (Fsp3) is 0.304. The van der Waals surface area contributed by atoms with E-state index in [1.54, 1.807) is 20.8 Å². The maximum atomic E-state index is 12.3. The number of nitrogens with one attached hydrogen (secondary N) is 1. The zero-order valence-electron chi connectivity index (χ0n) is 16.2. The van der Waals surface area contributed by atoms with Gasteiger partial charge in [-0.1, -0.05) is 54.5 Å². The Balaban J connectivity index is 1.74. The lowest BCUT2D eigenvalue weighted by Crippen LogP contribution is -2.50. The number of carbonyl (C=O) groups is 2. The van der Waals surface area contributed by atoms with Crippen molar-refractivity contribution in [2.45, 2.75) is 32.7 Å². The molecule has 1 atom stereocenters. The summed E-state index contributed by atoms with van der Waals surface area (Å²) >= 11 is 0. The van der Waals surface area contributed by atoms with Crippen molar-refractivity contribution < 1.29 is 19.4 Å². The maximum Gasteiger partial charge on any atom is 0.407 e. The van der Waals surface area contributed by atoms with Gasteiger partial charge in [0.1, 0.15) is 12.6 Å². The molecule has 0 fully saturated rings. The second kappa shape index (κ2) is 7.77. The summed E-state index contributed by atoms with van der Waals surface area (Å²) in [6, 6.07) is 14.9. The lowest BCUT2D eigenvalue weighted by molar-refractivity contribution is -0.141. The van der Waals surface area contributed by atoms with Crippen molar-refractivity contribution in [3.63, 3.8) is 0 Å². The highest BCUT2D eigenvalue weighted by Crippen LogP contribution is 2.44. The number of rotatable bonds is 5. The van der Waals surface area contributed by atoms with Crippen LogP contribution in [0.1, 0.15) is 37.8 Å². The van der Waals surface area contributed by atoms with Gasteiger partial charge in [0.2, 0.25) is 0 Å². The molecule has 0 aromatic heterocycles. The molecule has 0 heterocycles. The van der Waals surface area contributed by atoms with Crippen LogP contribution >= 0.6 is 0 Å². The molecule has 1 aliphatic carbocycles. The number of carbonyl (C=O) groups excluding carboxylic acids is 1. The van der Waals surface area contributed by atoms with Gasteiger partial charge in [-0.15, -0.1) is 5.92 Å². The summed E-state index contributed by atoms with van der Waals surface area (Å²) in [5.74, 6) is 4.31. The van der Waals surface area contributed by atoms with Gasteiger partial charge in [0.25, 0.3) is 0 Å². The lowest BCUT2D eigenvalue weighted by atomic mass is 9.85. The fourth-order valence-electron chi connectivity index (χ4n) is 3.70. The van der Waals surface area contributed by atoms with E-state index in [1.165, 1.54) is 0 Å². The molecule has 0 saturated heterocycles. The number of benzene rings is 2. The summed E-state index contributed by atoms with van der Waals surface area (Å²) in [6.45, 7) is 5.11. The standard InChI is InChI=1S/C23H23NO4/c1-4-13-23(2,3)20(21(25)26)24-22(27)28-14-19-17-11-7-5-9-15(17)16-10-6-8-12-18(16)19/h5-12,19-20H,14H2,1-3H3,(H,24,27)(H,25,26)/t20-/m0/s1. The molecule has 2 aromatic carbocycles. The molecule has 144 valence electrons. The van der Waals surface area contributed by atoms with E-state index in [9.17, 15) is 14.7 Å². The van der Waals surface area contributed by atoms with Crippen molar-refractivity contribution in [1.82, 2.24) is 5.32 Å². The smallest absolute Gasteiger partial charge is 0.407 e. The number of carboxylic acid groups (broad SMARTS) is 1. The largest absolute Gasteiger partial charge is 0.480 e. The van der Waals surface area contributed by atoms with Crippen molar-refractivity contribution in [1.29, 1.82) is 0 Å². The highest BCUT2D eigenvalue weighted by atomic mass is 16.5. The molecule has 0 saturated carbocycles. The molecule has 2 N–H and O–H groups in total. The average Bonchev–Trinajstić information content (AvgIpc) is 2.98. The predicted octanol–water partition coefficient (Wildman–Crippen LogP) is 4.03. The predicted molar refractivity (Wildman–Crippen MR) is 107 cm³/mol. The van der Waals surface area contributed by atoms with Crippen molar-refractivity contribution in [2.24, 2.45) is 5.41 Å². The quantitative estimate of drug-likeness (QED) is 0.772. The molecule has 0 radical (unpaired) electrons. The van der Waals surface area contributed by atoms with Gasteiger partial charge in [0.15, 0.2) is 0 Å². The van der Waals surface area contributed by atoms with Crippen molar-refractivity contribution in [3.8, 4) is 23.0 Å². The number of hydrogen-bond acceptors (Lipinski definition) is 3. The first kappa shape index (κ1) is 19.5. The molecule has 0 bridgehead atoms. The molecule has 0 aliphatic heterocycles. The number of aliphatic carboxylic acids is 1. The number of carboxylic acids is 1. The molecule has 5 nitrogen and oxygen atoms in total. The van der Waals surface area contributed by atoms with Crippen LogP contribution in [-0.4, -0.2) is 29.8 Å². The SMILES string of the molecule is CC#CC(C)(C)[C@@H](NC(=O)OCC1c2ccccc2-c2ccccc21)C(=O)O. The summed E-state index contributed by atoms with van der Waals surface area (Å²) in [4.78, 5) is 24.0. The Bertz CT molecular complexity index is 922. The minimum Gasteiger partial charge on any atom is -0.480 e. The third-order valence-corrected chi connectivity index (χ3v) is 5.02. The van der Waals surface area contributed by atoms with Crippen LogP contribution in [-0.2, 0) is 9.53 Å². The van der Waals surface area contributed by atoms with Gasteiger partial charge in [0.05, 0.1) is 5.41 Å². The van der Waals surface area contributed by atoms with Crippen molar-refractivity contribution in [2.75, 3.05) is 6.61 Å². The highest BCUT2D eigenvalue weighted by Gasteiger charge is 2.36. The number of ether oxygens (including phenoxy) is 1. The van der Waals surface area contributed by atoms with Crippen LogP contribution in [0.3, 0.4) is 0 Å². The van der Waals surface area contributed by atoms with Crippen LogP contribution in [0.15, 0.2) is 48.5 Å². The van der Waals surface area contributed by atoms with Gasteiger partial charge in [-0.05, 0) is 43.0 Å². The van der Waals surface area contributed by atoms with Gasteiger partial charge >= 0.3 is 12.1 Å². The van der Waals surface area contributed by atoms with Crippen LogP contribution in [0, 0.1) is 17.3 Å². The van der Waals surface area contributed by atoms with E-state index in [1.807, 2.05) is 36.4 Å². The van der Waals surface area contributed by atoms with Gasteiger partial charge in [-0.2, -0.15) is 0 Å². The topological polar surface area (TPSA) is 75.6 Å². The molecule has 1 amide bonds. The van der Waals surface area contributed by atoms with E-state index < -0.39 is 23.5 Å². The summed E-state index contributed by atoms with van der Waals surface area (Å²) < 4.78 is 5.43. The summed E-state index contributed by atoms with van der Waals surface area (Å²) in [7, 11) is 0. The zero-order valence-corrected chi connectivity index (χ0v) is 16.2. The highest BCUT2D eigenvalue weighted by molar-refractivity contribution is 5.82. The second-order valence-corrected chi connectivity index (χ2v) is 7.34. The first-order valence-corrected chi connectivity index (χ1v) is 9.13. The summed E-state index contributed by atoms with van der Waals surface area (Å²) in [5, 5.41) is 11.9. The minimum absolute atomic E-state index is 0.0788. The third-order valence-electron chi connectivity index (χ3n) is 5.02. The molecular formula is C23H23NO4. The van der Waals surface area contributed by atoms with E-state index >= 15 is 0 Å². The minimum atomic E-state index is -1.17. The first-order chi connectivity index (χ1) is 13.3. The van der Waals surface area contributed by atoms with Gasteiger partial charge in [-0.25, -0.2) is 9.59 Å². The number of fused-ring (bicyclic) bond motifs is 3. The first-order valence-electron chi connectivity index (χ1n) is 9.13. The molecule has 3 rings (SSSR count). The Labute approximate surface area is 164 Å². The normalized spacial score (nSPS) is 13.5. The maximum absolute atomic E-state index is 12.3. The van der Waals surface area contributed by atoms with Crippen molar-refractivity contribution in [3.05, 3.63) is 59.7 Å². The number of hydrogen-bond donors (Lipinski definition) is 2. The number of alkyl carbamates (subject to hydrolysis) is 1. The number of amides is 1. The third kappa shape index (κ3) is 3.72. The Hall–Kier alpha value is -3.26. The van der Waals surface area contributed by atoms with Crippen LogP contribution < -0.4 is 5.32 Å². The van der Waals surface area contributed by atoms with Gasteiger partial charge in [-0.3, -0.25) is 0 Å². The van der Waals surface area contributed by atoms with Crippen LogP contribution in [0.4, 0.5) is 4.79 Å². The van der Waals surface area contributed by atoms with Crippen LogP contribution in [0.2, 0.25) is 0 Å². The van der Waals surface area contributed by atoms with E-state index in [-0.39, 0.29) is 12.5 Å². The summed E-state index contributed by atoms with van der Waals surface area (Å²) in [6.07, 6.45) is -0.764. The van der Waals surface area contributed by atoms with E-state index in [0.717, 1.165) is 22.3 Å². The molecule has 0 spiro atoms. The molecule has 1 aliphatic rings. The average molecular weight is 377 g/mol. The van der Waals surface area contributed by atoms with E-state index in [2.05, 4.69) is 29.3 Å². The van der Waals surface area contributed by atoms with E-state index in [4.69, 9.17) is 4.74 Å². The molecular weight excluding hydrogens is 354 g/mol.